The van der Waals surface area contributed by atoms with Crippen molar-refractivity contribution in [3.63, 3.8) is 0 Å². The summed E-state index contributed by atoms with van der Waals surface area (Å²) in [5.74, 6) is 3.08. The van der Waals surface area contributed by atoms with Crippen LogP contribution in [0.2, 0.25) is 5.02 Å². The number of fused-ring (bicyclic) bond motifs is 1. The Kier molecular flexibility index (Phi) is 7.01. The van der Waals surface area contributed by atoms with Crippen molar-refractivity contribution in [1.29, 1.82) is 0 Å². The maximum atomic E-state index is 6.48. The number of rotatable bonds is 9. The molecule has 2 aromatic heterocycles. The van der Waals surface area contributed by atoms with Crippen molar-refractivity contribution in [2.75, 3.05) is 20.4 Å². The van der Waals surface area contributed by atoms with E-state index in [2.05, 4.69) is 24.6 Å². The van der Waals surface area contributed by atoms with Crippen LogP contribution in [0.3, 0.4) is 0 Å². The number of ether oxygens (including phenoxy) is 3. The quantitative estimate of drug-likeness (QED) is 0.416. The minimum Gasteiger partial charge on any atom is -0.454 e. The van der Waals surface area contributed by atoms with Crippen LogP contribution in [-0.2, 0) is 30.1 Å². The van der Waals surface area contributed by atoms with Gasteiger partial charge in [-0.15, -0.1) is 10.2 Å². The Labute approximate surface area is 202 Å². The molecule has 1 atom stereocenters. The third-order valence-corrected chi connectivity index (χ3v) is 7.02. The van der Waals surface area contributed by atoms with E-state index >= 15 is 0 Å². The number of benzene rings is 1. The predicted octanol–water partition coefficient (Wildman–Crippen LogP) is 4.16. The van der Waals surface area contributed by atoms with E-state index in [1.54, 1.807) is 11.8 Å². The van der Waals surface area contributed by atoms with Gasteiger partial charge in [-0.05, 0) is 43.7 Å². The lowest BCUT2D eigenvalue weighted by Crippen LogP contribution is -2.23. The van der Waals surface area contributed by atoms with Gasteiger partial charge in [-0.2, -0.15) is 0 Å². The van der Waals surface area contributed by atoms with E-state index in [1.807, 2.05) is 43.6 Å². The maximum Gasteiger partial charge on any atom is 0.231 e. The summed E-state index contributed by atoms with van der Waals surface area (Å²) in [6.45, 7) is 3.09. The van der Waals surface area contributed by atoms with E-state index in [4.69, 9.17) is 25.8 Å². The molecule has 8 nitrogen and oxygen atoms in total. The molecule has 1 aromatic carbocycles. The van der Waals surface area contributed by atoms with E-state index in [0.29, 0.717) is 23.9 Å². The van der Waals surface area contributed by atoms with Crippen molar-refractivity contribution in [3.05, 3.63) is 58.6 Å². The Hall–Kier alpha value is -2.33. The van der Waals surface area contributed by atoms with Gasteiger partial charge in [0, 0.05) is 36.2 Å². The maximum absolute atomic E-state index is 6.48. The Morgan fingerprint density at radius 2 is 2.06 bits per heavy atom. The first-order valence-electron chi connectivity index (χ1n) is 11.0. The first kappa shape index (κ1) is 22.5. The summed E-state index contributed by atoms with van der Waals surface area (Å²) < 4.78 is 19.0. The molecule has 0 amide bonds. The smallest absolute Gasteiger partial charge is 0.231 e. The van der Waals surface area contributed by atoms with Gasteiger partial charge in [0.15, 0.2) is 16.7 Å². The molecule has 33 heavy (non-hydrogen) atoms. The fourth-order valence-corrected chi connectivity index (χ4v) is 5.10. The molecule has 5 rings (SSSR count). The minimum absolute atomic E-state index is 0.197. The molecule has 2 aliphatic rings. The van der Waals surface area contributed by atoms with E-state index in [1.165, 1.54) is 0 Å². The zero-order valence-electron chi connectivity index (χ0n) is 18.4. The van der Waals surface area contributed by atoms with E-state index < -0.39 is 0 Å². The van der Waals surface area contributed by atoms with Gasteiger partial charge in [-0.3, -0.25) is 9.88 Å². The molecule has 0 aliphatic carbocycles. The van der Waals surface area contributed by atoms with Crippen LogP contribution < -0.4 is 9.47 Å². The number of hydrogen-bond acceptors (Lipinski definition) is 8. The minimum atomic E-state index is 0.197. The van der Waals surface area contributed by atoms with Crippen LogP contribution in [0.5, 0.6) is 11.5 Å². The van der Waals surface area contributed by atoms with Gasteiger partial charge in [-0.1, -0.05) is 29.4 Å². The zero-order chi connectivity index (χ0) is 22.6. The van der Waals surface area contributed by atoms with E-state index in [9.17, 15) is 0 Å². The molecular weight excluding hydrogens is 462 g/mol. The van der Waals surface area contributed by atoms with Crippen LogP contribution in [0.4, 0.5) is 0 Å². The molecule has 0 radical (unpaired) electrons. The van der Waals surface area contributed by atoms with Crippen LogP contribution in [-0.4, -0.2) is 51.2 Å². The molecule has 2 aliphatic heterocycles. The summed E-state index contributed by atoms with van der Waals surface area (Å²) in [7, 11) is 2.05. The number of aromatic nitrogens is 4. The van der Waals surface area contributed by atoms with E-state index in [-0.39, 0.29) is 12.9 Å². The highest BCUT2D eigenvalue weighted by molar-refractivity contribution is 7.98. The second-order valence-corrected chi connectivity index (χ2v) is 9.57. The monoisotopic (exact) mass is 487 g/mol. The fraction of sp³-hybridized carbons (Fsp3) is 0.435. The third-order valence-electron chi connectivity index (χ3n) is 5.67. The zero-order valence-corrected chi connectivity index (χ0v) is 20.0. The van der Waals surface area contributed by atoms with Crippen molar-refractivity contribution >= 4 is 23.4 Å². The van der Waals surface area contributed by atoms with Crippen molar-refractivity contribution in [2.24, 2.45) is 0 Å². The second-order valence-electron chi connectivity index (χ2n) is 8.22. The third kappa shape index (κ3) is 5.43. The standard InChI is InChI=1S/C23H26ClN5O3S/c1-28(11-16-9-20-21(10-19(16)24)32-15-31-20)13-22-26-27-23(29(22)12-18-6-4-8-30-18)33-14-17-5-2-3-7-25-17/h2-3,5,7,9-10,18H,4,6,8,11-15H2,1H3. The highest BCUT2D eigenvalue weighted by Crippen LogP contribution is 2.37. The Bertz CT molecular complexity index is 1090. The summed E-state index contributed by atoms with van der Waals surface area (Å²) >= 11 is 8.13. The SMILES string of the molecule is CN(Cc1cc2c(cc1Cl)OCO2)Cc1nnc(SCc2ccccn2)n1CC1CCCO1. The van der Waals surface area contributed by atoms with Gasteiger partial charge in [0.05, 0.1) is 24.9 Å². The van der Waals surface area contributed by atoms with Crippen LogP contribution in [0.15, 0.2) is 41.7 Å². The van der Waals surface area contributed by atoms with Crippen molar-refractivity contribution < 1.29 is 14.2 Å². The number of hydrogen-bond donors (Lipinski definition) is 0. The summed E-state index contributed by atoms with van der Waals surface area (Å²) in [5, 5.41) is 10.6. The van der Waals surface area contributed by atoms with Crippen LogP contribution >= 0.6 is 23.4 Å². The summed E-state index contributed by atoms with van der Waals surface area (Å²) in [4.78, 5) is 6.59. The Balaban J connectivity index is 1.30. The molecule has 10 heteroatoms. The lowest BCUT2D eigenvalue weighted by Gasteiger charge is -2.19. The molecule has 0 spiro atoms. The summed E-state index contributed by atoms with van der Waals surface area (Å²) in [6.07, 6.45) is 4.17. The number of thioether (sulfide) groups is 1. The summed E-state index contributed by atoms with van der Waals surface area (Å²) in [6, 6.07) is 9.72. The fourth-order valence-electron chi connectivity index (χ4n) is 4.01. The number of halogens is 1. The lowest BCUT2D eigenvalue weighted by molar-refractivity contribution is 0.0934. The van der Waals surface area contributed by atoms with Crippen LogP contribution in [0.25, 0.3) is 0 Å². The van der Waals surface area contributed by atoms with Gasteiger partial charge in [0.2, 0.25) is 6.79 Å². The lowest BCUT2D eigenvalue weighted by atomic mass is 10.2. The second kappa shape index (κ2) is 10.3. The molecule has 1 fully saturated rings. The molecular formula is C23H26ClN5O3S. The average molecular weight is 488 g/mol. The highest BCUT2D eigenvalue weighted by atomic mass is 35.5. The first-order chi connectivity index (χ1) is 16.2. The molecule has 1 unspecified atom stereocenters. The van der Waals surface area contributed by atoms with Gasteiger partial charge in [-0.25, -0.2) is 0 Å². The molecule has 3 aromatic rings. The predicted molar refractivity (Wildman–Crippen MR) is 126 cm³/mol. The molecule has 0 N–H and O–H groups in total. The van der Waals surface area contributed by atoms with Crippen molar-refractivity contribution in [3.8, 4) is 11.5 Å². The topological polar surface area (TPSA) is 74.5 Å². The van der Waals surface area contributed by atoms with Crippen molar-refractivity contribution in [2.45, 2.75) is 49.5 Å². The first-order valence-corrected chi connectivity index (χ1v) is 12.3. The van der Waals surface area contributed by atoms with Crippen LogP contribution in [0, 0.1) is 0 Å². The highest BCUT2D eigenvalue weighted by Gasteiger charge is 2.23. The molecule has 4 heterocycles. The number of nitrogens with zero attached hydrogens (tertiary/aromatic N) is 5. The normalized spacial score (nSPS) is 17.2. The Morgan fingerprint density at radius 3 is 2.85 bits per heavy atom. The molecule has 1 saturated heterocycles. The Morgan fingerprint density at radius 1 is 1.18 bits per heavy atom. The molecule has 0 saturated carbocycles. The van der Waals surface area contributed by atoms with Gasteiger partial charge in [0.25, 0.3) is 0 Å². The number of pyridine rings is 1. The van der Waals surface area contributed by atoms with Gasteiger partial charge in [0.1, 0.15) is 5.82 Å². The van der Waals surface area contributed by atoms with Gasteiger partial charge >= 0.3 is 0 Å². The average Bonchev–Trinajstić information content (AvgIpc) is 3.57. The molecule has 174 valence electrons. The van der Waals surface area contributed by atoms with Gasteiger partial charge < -0.3 is 18.8 Å². The molecule has 0 bridgehead atoms. The summed E-state index contributed by atoms with van der Waals surface area (Å²) in [5.41, 5.74) is 2.00. The van der Waals surface area contributed by atoms with E-state index in [0.717, 1.165) is 59.7 Å². The largest absolute Gasteiger partial charge is 0.454 e. The van der Waals surface area contributed by atoms with Crippen molar-refractivity contribution in [1.82, 2.24) is 24.6 Å². The van der Waals surface area contributed by atoms with Crippen LogP contribution in [0.1, 0.15) is 29.9 Å².